The van der Waals surface area contributed by atoms with Gasteiger partial charge in [-0.15, -0.1) is 0 Å². The predicted octanol–water partition coefficient (Wildman–Crippen LogP) is -0.983. The number of hydrogen-bond acceptors (Lipinski definition) is 2. The first-order valence-corrected chi connectivity index (χ1v) is 2.18. The highest BCUT2D eigenvalue weighted by atomic mass is 16.6. The molecule has 1 atom stereocenters. The summed E-state index contributed by atoms with van der Waals surface area (Å²) in [5.74, 6) is 0. The molecule has 0 aromatic heterocycles. The van der Waals surface area contributed by atoms with Crippen LogP contribution in [0.3, 0.4) is 0 Å². The van der Waals surface area contributed by atoms with Crippen molar-refractivity contribution in [3.63, 3.8) is 0 Å². The zero-order valence-electron chi connectivity index (χ0n) is 4.20. The van der Waals surface area contributed by atoms with Crippen molar-refractivity contribution in [3.05, 3.63) is 0 Å². The monoisotopic (exact) mass is 107 g/mol. The van der Waals surface area contributed by atoms with E-state index in [9.17, 15) is 4.79 Å². The SMILES string of the molecule is [B]C1CN([B])C(=O)O1. The van der Waals surface area contributed by atoms with Crippen LogP contribution in [0.25, 0.3) is 0 Å². The molecule has 8 heavy (non-hydrogen) atoms. The molecule has 1 heterocycles. The number of carbonyl (C=O) groups excluding carboxylic acids is 1. The van der Waals surface area contributed by atoms with Crippen LogP contribution in [0.5, 0.6) is 0 Å². The standard InChI is InChI=1S/C3H3B2NO2/c4-2-1-6(5)3(7)8-2/h2H,1H2. The van der Waals surface area contributed by atoms with E-state index < -0.39 is 12.1 Å². The number of ether oxygens (including phenoxy) is 1. The van der Waals surface area contributed by atoms with E-state index in [4.69, 9.17) is 15.8 Å². The van der Waals surface area contributed by atoms with Crippen molar-refractivity contribution in [2.75, 3.05) is 6.54 Å². The van der Waals surface area contributed by atoms with Crippen molar-refractivity contribution in [2.24, 2.45) is 0 Å². The van der Waals surface area contributed by atoms with Gasteiger partial charge in [-0.2, -0.15) is 0 Å². The van der Waals surface area contributed by atoms with Gasteiger partial charge in [-0.3, -0.25) is 0 Å². The summed E-state index contributed by atoms with van der Waals surface area (Å²) in [6, 6.07) is -0.549. The van der Waals surface area contributed by atoms with Crippen LogP contribution < -0.4 is 0 Å². The average molecular weight is 107 g/mol. The number of hydrogen-bond donors (Lipinski definition) is 0. The van der Waals surface area contributed by atoms with Gasteiger partial charge in [-0.05, 0) is 0 Å². The van der Waals surface area contributed by atoms with Gasteiger partial charge in [0.1, 0.15) is 7.85 Å². The summed E-state index contributed by atoms with van der Waals surface area (Å²) in [5, 5.41) is 0. The summed E-state index contributed by atoms with van der Waals surface area (Å²) in [7, 11) is 10.2. The molecule has 0 N–H and O–H groups in total. The molecule has 0 aromatic carbocycles. The van der Waals surface area contributed by atoms with Crippen molar-refractivity contribution in [1.29, 1.82) is 0 Å². The minimum atomic E-state index is -0.558. The lowest BCUT2D eigenvalue weighted by Gasteiger charge is -2.00. The predicted molar refractivity (Wildman–Crippen MR) is 28.5 cm³/mol. The molecule has 5 heteroatoms. The number of rotatable bonds is 0. The summed E-state index contributed by atoms with van der Waals surface area (Å²) in [5.41, 5.74) is 0. The van der Waals surface area contributed by atoms with E-state index in [1.165, 1.54) is 0 Å². The third-order valence-corrected chi connectivity index (χ3v) is 0.863. The van der Waals surface area contributed by atoms with Gasteiger partial charge in [0.2, 0.25) is 7.98 Å². The summed E-state index contributed by atoms with van der Waals surface area (Å²) >= 11 is 0. The number of cyclic esters (lactones) is 1. The Balaban J connectivity index is 2.51. The fraction of sp³-hybridized carbons (Fsp3) is 0.667. The van der Waals surface area contributed by atoms with E-state index in [0.717, 1.165) is 4.81 Å². The first-order chi connectivity index (χ1) is 3.70. The fourth-order valence-corrected chi connectivity index (χ4v) is 0.503. The summed E-state index contributed by atoms with van der Waals surface area (Å²) in [6.45, 7) is 0.277. The van der Waals surface area contributed by atoms with E-state index >= 15 is 0 Å². The summed E-state index contributed by atoms with van der Waals surface area (Å²) in [6.07, 6.45) is -0.558. The van der Waals surface area contributed by atoms with Gasteiger partial charge in [0.05, 0.1) is 6.00 Å². The Morgan fingerprint density at radius 2 is 2.50 bits per heavy atom. The van der Waals surface area contributed by atoms with Crippen molar-refractivity contribution >= 4 is 21.9 Å². The average Bonchev–Trinajstić information content (AvgIpc) is 1.85. The maximum absolute atomic E-state index is 10.3. The zero-order chi connectivity index (χ0) is 6.15. The maximum atomic E-state index is 10.3. The van der Waals surface area contributed by atoms with Crippen LogP contribution in [0.2, 0.25) is 0 Å². The number of carbonyl (C=O) groups is 1. The molecule has 1 aliphatic rings. The lowest BCUT2D eigenvalue weighted by atomic mass is 10.0. The van der Waals surface area contributed by atoms with Gasteiger partial charge in [-0.25, -0.2) is 4.79 Å². The molecule has 1 saturated heterocycles. The van der Waals surface area contributed by atoms with E-state index in [0.29, 0.717) is 0 Å². The molecule has 0 bridgehead atoms. The minimum absolute atomic E-state index is 0.277. The molecule has 0 aromatic rings. The molecule has 1 unspecified atom stereocenters. The second-order valence-corrected chi connectivity index (χ2v) is 1.57. The molecular weight excluding hydrogens is 104 g/mol. The van der Waals surface area contributed by atoms with Crippen LogP contribution in [0.15, 0.2) is 0 Å². The molecule has 3 nitrogen and oxygen atoms in total. The summed E-state index contributed by atoms with van der Waals surface area (Å²) in [4.78, 5) is 11.2. The lowest BCUT2D eigenvalue weighted by Crippen LogP contribution is -2.21. The largest absolute Gasteiger partial charge is 0.456 e. The Bertz CT molecular complexity index is 118. The van der Waals surface area contributed by atoms with Gasteiger partial charge in [0.15, 0.2) is 0 Å². The van der Waals surface area contributed by atoms with Gasteiger partial charge in [0, 0.05) is 6.54 Å². The smallest absolute Gasteiger partial charge is 0.396 e. The first-order valence-electron chi connectivity index (χ1n) is 2.18. The van der Waals surface area contributed by atoms with Crippen LogP contribution in [0.1, 0.15) is 0 Å². The highest BCUT2D eigenvalue weighted by Crippen LogP contribution is 2.03. The van der Waals surface area contributed by atoms with Crippen molar-refractivity contribution < 1.29 is 9.53 Å². The van der Waals surface area contributed by atoms with E-state index in [2.05, 4.69) is 4.74 Å². The minimum Gasteiger partial charge on any atom is -0.456 e. The molecule has 0 aliphatic carbocycles. The van der Waals surface area contributed by atoms with E-state index in [1.54, 1.807) is 0 Å². The molecular formula is C3H3B2NO2. The fourth-order valence-electron chi connectivity index (χ4n) is 0.503. The highest BCUT2D eigenvalue weighted by molar-refractivity contribution is 6.18. The van der Waals surface area contributed by atoms with Crippen molar-refractivity contribution in [2.45, 2.75) is 6.00 Å². The molecule has 0 saturated carbocycles. The van der Waals surface area contributed by atoms with Crippen molar-refractivity contribution in [3.8, 4) is 0 Å². The second-order valence-electron chi connectivity index (χ2n) is 1.57. The number of nitrogens with zero attached hydrogens (tertiary/aromatic N) is 1. The van der Waals surface area contributed by atoms with Gasteiger partial charge in [-0.1, -0.05) is 0 Å². The Morgan fingerprint density at radius 1 is 1.88 bits per heavy atom. The molecule has 1 aliphatic heterocycles. The van der Waals surface area contributed by atoms with E-state index in [1.807, 2.05) is 0 Å². The second kappa shape index (κ2) is 1.73. The van der Waals surface area contributed by atoms with Crippen LogP contribution in [0.4, 0.5) is 4.79 Å². The third-order valence-electron chi connectivity index (χ3n) is 0.863. The molecule has 0 spiro atoms. The lowest BCUT2D eigenvalue weighted by molar-refractivity contribution is 0.161. The topological polar surface area (TPSA) is 29.5 Å². The normalized spacial score (nSPS) is 28.2. The van der Waals surface area contributed by atoms with Gasteiger partial charge in [0.25, 0.3) is 0 Å². The van der Waals surface area contributed by atoms with Crippen LogP contribution in [0, 0.1) is 0 Å². The molecule has 1 amide bonds. The molecule has 1 fully saturated rings. The quantitative estimate of drug-likeness (QED) is 0.372. The zero-order valence-corrected chi connectivity index (χ0v) is 4.20. The molecule has 38 valence electrons. The molecule has 1 rings (SSSR count). The Hall–Kier alpha value is -0.600. The highest BCUT2D eigenvalue weighted by Gasteiger charge is 2.22. The van der Waals surface area contributed by atoms with Crippen LogP contribution >= 0.6 is 0 Å². The third kappa shape index (κ3) is 0.804. The van der Waals surface area contributed by atoms with E-state index in [-0.39, 0.29) is 6.54 Å². The Labute approximate surface area is 49.8 Å². The van der Waals surface area contributed by atoms with Gasteiger partial charge < -0.3 is 9.55 Å². The van der Waals surface area contributed by atoms with Crippen molar-refractivity contribution in [1.82, 2.24) is 4.81 Å². The number of amides is 1. The van der Waals surface area contributed by atoms with Gasteiger partial charge >= 0.3 is 6.09 Å². The van der Waals surface area contributed by atoms with Crippen LogP contribution in [-0.4, -0.2) is 39.3 Å². The Morgan fingerprint density at radius 3 is 2.62 bits per heavy atom. The maximum Gasteiger partial charge on any atom is 0.396 e. The molecule has 4 radical (unpaired) electrons. The Kier molecular flexibility index (Phi) is 1.19. The first kappa shape index (κ1) is 5.54. The van der Waals surface area contributed by atoms with Crippen LogP contribution in [-0.2, 0) is 4.74 Å². The summed E-state index contributed by atoms with van der Waals surface area (Å²) < 4.78 is 4.41.